The molecule has 0 aliphatic carbocycles. The van der Waals surface area contributed by atoms with Gasteiger partial charge in [0.2, 0.25) is 15.0 Å². The number of carbonyl (C=O) groups excluding carboxylic acids is 1. The van der Waals surface area contributed by atoms with E-state index < -0.39 is 27.6 Å². The van der Waals surface area contributed by atoms with Crippen LogP contribution in [0.1, 0.15) is 40.5 Å². The Kier molecular flexibility index (Phi) is 5.82. The van der Waals surface area contributed by atoms with Crippen LogP contribution >= 0.6 is 11.3 Å². The lowest BCUT2D eigenvalue weighted by atomic mass is 9.99. The fraction of sp³-hybridized carbons (Fsp3) is 0.438. The van der Waals surface area contributed by atoms with Gasteiger partial charge in [-0.1, -0.05) is 11.3 Å². The summed E-state index contributed by atoms with van der Waals surface area (Å²) in [6.07, 6.45) is 1.20. The topological polar surface area (TPSA) is 92.3 Å². The number of piperidine rings is 1. The van der Waals surface area contributed by atoms with Gasteiger partial charge in [0.1, 0.15) is 16.6 Å². The lowest BCUT2D eigenvalue weighted by molar-refractivity contribution is 0.102. The standard InChI is InChI=1S/C16H18F2N4O3S2/c1-2-27(24,25)22-7-5-10(6-8-22)15-20-21-16(26-15)14(23)19-13-4-3-11(17)9-12(13)18/h3-4,9-10H,2,5-8H2,1H3,(H,19,23). The number of sulfonamides is 1. The highest BCUT2D eigenvalue weighted by Crippen LogP contribution is 2.31. The first-order valence-corrected chi connectivity index (χ1v) is 10.8. The van der Waals surface area contributed by atoms with Crippen LogP contribution in [0.25, 0.3) is 0 Å². The summed E-state index contributed by atoms with van der Waals surface area (Å²) < 4.78 is 51.9. The van der Waals surface area contributed by atoms with E-state index in [1.165, 1.54) is 4.31 Å². The van der Waals surface area contributed by atoms with Crippen molar-refractivity contribution < 1.29 is 22.0 Å². The molecule has 3 rings (SSSR count). The van der Waals surface area contributed by atoms with E-state index in [0.29, 0.717) is 37.0 Å². The number of benzene rings is 1. The maximum atomic E-state index is 13.6. The normalized spacial score (nSPS) is 16.4. The van der Waals surface area contributed by atoms with Crippen LogP contribution in [0.2, 0.25) is 0 Å². The van der Waals surface area contributed by atoms with E-state index in [2.05, 4.69) is 15.5 Å². The zero-order chi connectivity index (χ0) is 19.6. The van der Waals surface area contributed by atoms with Gasteiger partial charge in [-0.2, -0.15) is 0 Å². The molecule has 11 heteroatoms. The van der Waals surface area contributed by atoms with Crippen LogP contribution in [0.4, 0.5) is 14.5 Å². The molecule has 1 aliphatic rings. The Morgan fingerprint density at radius 1 is 1.30 bits per heavy atom. The van der Waals surface area contributed by atoms with Gasteiger partial charge in [-0.15, -0.1) is 10.2 Å². The Morgan fingerprint density at radius 3 is 2.63 bits per heavy atom. The summed E-state index contributed by atoms with van der Waals surface area (Å²) in [7, 11) is -3.20. The van der Waals surface area contributed by atoms with Crippen molar-refractivity contribution in [2.24, 2.45) is 0 Å². The molecule has 2 heterocycles. The second-order valence-corrected chi connectivity index (χ2v) is 9.36. The van der Waals surface area contributed by atoms with Crippen LogP contribution in [0, 0.1) is 11.6 Å². The molecule has 1 fully saturated rings. The molecule has 0 unspecified atom stereocenters. The van der Waals surface area contributed by atoms with Crippen molar-refractivity contribution in [2.75, 3.05) is 24.2 Å². The van der Waals surface area contributed by atoms with Gasteiger partial charge >= 0.3 is 0 Å². The summed E-state index contributed by atoms with van der Waals surface area (Å²) >= 11 is 1.09. The predicted molar refractivity (Wildman–Crippen MR) is 97.2 cm³/mol. The quantitative estimate of drug-likeness (QED) is 0.809. The van der Waals surface area contributed by atoms with E-state index >= 15 is 0 Å². The number of anilines is 1. The average molecular weight is 416 g/mol. The second kappa shape index (κ2) is 7.95. The number of rotatable bonds is 5. The van der Waals surface area contributed by atoms with E-state index in [-0.39, 0.29) is 22.4 Å². The largest absolute Gasteiger partial charge is 0.317 e. The minimum atomic E-state index is -3.20. The van der Waals surface area contributed by atoms with Crippen molar-refractivity contribution in [3.05, 3.63) is 39.8 Å². The fourth-order valence-corrected chi connectivity index (χ4v) is 4.86. The first kappa shape index (κ1) is 19.8. The average Bonchev–Trinajstić information content (AvgIpc) is 3.14. The number of hydrogen-bond donors (Lipinski definition) is 1. The molecule has 0 radical (unpaired) electrons. The Morgan fingerprint density at radius 2 is 2.00 bits per heavy atom. The van der Waals surface area contributed by atoms with Crippen molar-refractivity contribution in [3.63, 3.8) is 0 Å². The molecule has 1 aliphatic heterocycles. The zero-order valence-electron chi connectivity index (χ0n) is 14.5. The van der Waals surface area contributed by atoms with Gasteiger partial charge in [0.25, 0.3) is 5.91 Å². The number of carbonyl (C=O) groups is 1. The van der Waals surface area contributed by atoms with Crippen LogP contribution in [0.5, 0.6) is 0 Å². The summed E-state index contributed by atoms with van der Waals surface area (Å²) in [5, 5.41) is 10.9. The molecule has 0 saturated carbocycles. The molecular weight excluding hydrogens is 398 g/mol. The molecule has 1 amide bonds. The van der Waals surface area contributed by atoms with E-state index in [1.54, 1.807) is 6.92 Å². The minimum absolute atomic E-state index is 0.0231. The van der Waals surface area contributed by atoms with Gasteiger partial charge < -0.3 is 5.32 Å². The van der Waals surface area contributed by atoms with E-state index in [1.807, 2.05) is 0 Å². The lowest BCUT2D eigenvalue weighted by Gasteiger charge is -2.29. The van der Waals surface area contributed by atoms with Crippen molar-refractivity contribution in [1.82, 2.24) is 14.5 Å². The molecule has 1 N–H and O–H groups in total. The van der Waals surface area contributed by atoms with Crippen LogP contribution < -0.4 is 5.32 Å². The highest BCUT2D eigenvalue weighted by atomic mass is 32.2. The van der Waals surface area contributed by atoms with Crippen molar-refractivity contribution in [2.45, 2.75) is 25.7 Å². The molecule has 146 valence electrons. The Labute approximate surface area is 159 Å². The Bertz CT molecular complexity index is 941. The van der Waals surface area contributed by atoms with Crippen LogP contribution in [-0.2, 0) is 10.0 Å². The van der Waals surface area contributed by atoms with Crippen LogP contribution in [-0.4, -0.2) is 47.7 Å². The summed E-state index contributed by atoms with van der Waals surface area (Å²) in [4.78, 5) is 12.2. The zero-order valence-corrected chi connectivity index (χ0v) is 16.1. The fourth-order valence-electron chi connectivity index (χ4n) is 2.82. The van der Waals surface area contributed by atoms with Crippen molar-refractivity contribution in [3.8, 4) is 0 Å². The van der Waals surface area contributed by atoms with Gasteiger partial charge in [0.15, 0.2) is 0 Å². The molecule has 27 heavy (non-hydrogen) atoms. The summed E-state index contributed by atoms with van der Waals surface area (Å²) in [6.45, 7) is 2.42. The number of aromatic nitrogens is 2. The molecule has 0 bridgehead atoms. The van der Waals surface area contributed by atoms with Gasteiger partial charge in [0, 0.05) is 25.1 Å². The first-order valence-electron chi connectivity index (χ1n) is 8.37. The highest BCUT2D eigenvalue weighted by molar-refractivity contribution is 7.89. The monoisotopic (exact) mass is 416 g/mol. The van der Waals surface area contributed by atoms with Gasteiger partial charge in [-0.05, 0) is 31.9 Å². The molecule has 1 aromatic heterocycles. The smallest absolute Gasteiger partial charge is 0.286 e. The number of nitrogens with zero attached hydrogens (tertiary/aromatic N) is 3. The molecule has 0 atom stereocenters. The van der Waals surface area contributed by atoms with Gasteiger partial charge in [-0.3, -0.25) is 4.79 Å². The molecule has 2 aromatic rings. The highest BCUT2D eigenvalue weighted by Gasteiger charge is 2.29. The molecule has 1 saturated heterocycles. The van der Waals surface area contributed by atoms with Crippen molar-refractivity contribution in [1.29, 1.82) is 0 Å². The maximum absolute atomic E-state index is 13.6. The van der Waals surface area contributed by atoms with Gasteiger partial charge in [-0.25, -0.2) is 21.5 Å². The second-order valence-electron chi connectivity index (χ2n) is 6.10. The predicted octanol–water partition coefficient (Wildman–Crippen LogP) is 2.60. The summed E-state index contributed by atoms with van der Waals surface area (Å²) in [6, 6.07) is 2.86. The lowest BCUT2D eigenvalue weighted by Crippen LogP contribution is -2.38. The third kappa shape index (κ3) is 4.47. The van der Waals surface area contributed by atoms with E-state index in [0.717, 1.165) is 23.5 Å². The number of hydrogen-bond acceptors (Lipinski definition) is 6. The SMILES string of the molecule is CCS(=O)(=O)N1CCC(c2nnc(C(=O)Nc3ccc(F)cc3F)s2)CC1. The van der Waals surface area contributed by atoms with Crippen LogP contribution in [0.15, 0.2) is 18.2 Å². The third-order valence-electron chi connectivity index (χ3n) is 4.38. The minimum Gasteiger partial charge on any atom is -0.317 e. The van der Waals surface area contributed by atoms with E-state index in [4.69, 9.17) is 0 Å². The number of halogens is 2. The van der Waals surface area contributed by atoms with Crippen molar-refractivity contribution >= 4 is 33.0 Å². The molecule has 1 aromatic carbocycles. The summed E-state index contributed by atoms with van der Waals surface area (Å²) in [5.41, 5.74) is -0.142. The number of nitrogens with one attached hydrogen (secondary N) is 1. The maximum Gasteiger partial charge on any atom is 0.286 e. The first-order chi connectivity index (χ1) is 12.8. The Hall–Kier alpha value is -1.98. The summed E-state index contributed by atoms with van der Waals surface area (Å²) in [5.74, 6) is -2.15. The molecule has 0 spiro atoms. The van der Waals surface area contributed by atoms with E-state index in [9.17, 15) is 22.0 Å². The molecular formula is C16H18F2N4O3S2. The Balaban J connectivity index is 1.64. The molecule has 7 nitrogen and oxygen atoms in total. The van der Waals surface area contributed by atoms with Gasteiger partial charge in [0.05, 0.1) is 11.4 Å². The van der Waals surface area contributed by atoms with Crippen LogP contribution in [0.3, 0.4) is 0 Å². The third-order valence-corrected chi connectivity index (χ3v) is 7.34. The number of amides is 1.